The van der Waals surface area contributed by atoms with Crippen LogP contribution in [0.25, 0.3) is 22.6 Å². The molecule has 2 amide bonds. The first kappa shape index (κ1) is 32.4. The Bertz CT molecular complexity index is 1680. The molecule has 0 N–H and O–H groups in total. The SMILES string of the molecule is CC(C)(C)OC(=O)N1CCC(CCOC(=O)OCn2cc(/C=C3\C(=O)N(CN4CC=CCC4)c4ccccc43)c3ccccc32)CC1. The molecule has 47 heavy (non-hydrogen) atoms. The molecule has 0 unspecified atom stereocenters. The lowest BCUT2D eigenvalue weighted by Gasteiger charge is -2.33. The van der Waals surface area contributed by atoms with Gasteiger partial charge in [0.15, 0.2) is 6.73 Å². The van der Waals surface area contributed by atoms with E-state index in [1.54, 1.807) is 4.90 Å². The van der Waals surface area contributed by atoms with Crippen LogP contribution in [0.5, 0.6) is 0 Å². The van der Waals surface area contributed by atoms with Crippen LogP contribution in [0.3, 0.4) is 0 Å². The van der Waals surface area contributed by atoms with Gasteiger partial charge in [-0.05, 0) is 70.6 Å². The average molecular weight is 641 g/mol. The number of anilines is 1. The van der Waals surface area contributed by atoms with Crippen LogP contribution in [0.4, 0.5) is 15.3 Å². The van der Waals surface area contributed by atoms with Crippen LogP contribution in [0.1, 0.15) is 57.6 Å². The summed E-state index contributed by atoms with van der Waals surface area (Å²) in [6.45, 7) is 9.39. The Morgan fingerprint density at radius 3 is 2.49 bits per heavy atom. The summed E-state index contributed by atoms with van der Waals surface area (Å²) in [4.78, 5) is 44.5. The molecule has 10 heteroatoms. The fourth-order valence-corrected chi connectivity index (χ4v) is 6.46. The lowest BCUT2D eigenvalue weighted by Crippen LogP contribution is -2.41. The average Bonchev–Trinajstić information content (AvgIpc) is 3.54. The maximum absolute atomic E-state index is 13.8. The van der Waals surface area contributed by atoms with Gasteiger partial charge in [0.1, 0.15) is 5.60 Å². The first-order valence-corrected chi connectivity index (χ1v) is 16.5. The van der Waals surface area contributed by atoms with Crippen molar-refractivity contribution in [3.05, 3.63) is 78.0 Å². The molecule has 0 aliphatic carbocycles. The zero-order valence-corrected chi connectivity index (χ0v) is 27.5. The zero-order valence-electron chi connectivity index (χ0n) is 27.5. The normalized spacial score (nSPS) is 18.2. The van der Waals surface area contributed by atoms with Gasteiger partial charge in [-0.2, -0.15) is 0 Å². The Balaban J connectivity index is 1.06. The molecule has 6 rings (SSSR count). The van der Waals surface area contributed by atoms with Gasteiger partial charge in [-0.1, -0.05) is 48.6 Å². The second-order valence-corrected chi connectivity index (χ2v) is 13.4. The minimum Gasteiger partial charge on any atom is -0.444 e. The number of para-hydroxylation sites is 2. The largest absolute Gasteiger partial charge is 0.510 e. The number of likely N-dealkylation sites (tertiary alicyclic amines) is 1. The van der Waals surface area contributed by atoms with E-state index in [2.05, 4.69) is 17.1 Å². The molecular formula is C37H44N4O6. The molecule has 3 aliphatic rings. The van der Waals surface area contributed by atoms with Crippen molar-refractivity contribution < 1.29 is 28.6 Å². The number of hydrogen-bond donors (Lipinski definition) is 0. The number of ether oxygens (including phenoxy) is 3. The Morgan fingerprint density at radius 1 is 0.957 bits per heavy atom. The van der Waals surface area contributed by atoms with Gasteiger partial charge in [0.25, 0.3) is 5.91 Å². The molecule has 10 nitrogen and oxygen atoms in total. The molecule has 3 aliphatic heterocycles. The summed E-state index contributed by atoms with van der Waals surface area (Å²) in [5.74, 6) is 0.342. The zero-order chi connectivity index (χ0) is 33.0. The number of piperidine rings is 1. The first-order valence-electron chi connectivity index (χ1n) is 16.5. The van der Waals surface area contributed by atoms with Crippen molar-refractivity contribution in [1.82, 2.24) is 14.4 Å². The minimum absolute atomic E-state index is 0.0179. The first-order chi connectivity index (χ1) is 22.7. The van der Waals surface area contributed by atoms with E-state index in [-0.39, 0.29) is 25.3 Å². The van der Waals surface area contributed by atoms with Gasteiger partial charge in [0.2, 0.25) is 0 Å². The van der Waals surface area contributed by atoms with Crippen molar-refractivity contribution in [3.63, 3.8) is 0 Å². The summed E-state index contributed by atoms with van der Waals surface area (Å²) in [5, 5.41) is 0.958. The van der Waals surface area contributed by atoms with Gasteiger partial charge in [-0.15, -0.1) is 0 Å². The molecular weight excluding hydrogens is 596 g/mol. The Hall–Kier alpha value is -4.57. The number of amides is 2. The topological polar surface area (TPSA) is 93.5 Å². The highest BCUT2D eigenvalue weighted by molar-refractivity contribution is 6.36. The quantitative estimate of drug-likeness (QED) is 0.150. The van der Waals surface area contributed by atoms with Gasteiger partial charge in [0.05, 0.1) is 24.5 Å². The van der Waals surface area contributed by atoms with E-state index in [1.165, 1.54) is 0 Å². The third-order valence-corrected chi connectivity index (χ3v) is 8.90. The van der Waals surface area contributed by atoms with E-state index in [0.717, 1.165) is 60.1 Å². The van der Waals surface area contributed by atoms with Gasteiger partial charge >= 0.3 is 12.2 Å². The van der Waals surface area contributed by atoms with E-state index in [4.69, 9.17) is 14.2 Å². The lowest BCUT2D eigenvalue weighted by molar-refractivity contribution is -0.113. The molecule has 0 saturated carbocycles. The summed E-state index contributed by atoms with van der Waals surface area (Å²) in [6.07, 6.45) is 10.6. The molecule has 4 heterocycles. The highest BCUT2D eigenvalue weighted by atomic mass is 16.7. The van der Waals surface area contributed by atoms with E-state index in [9.17, 15) is 14.4 Å². The molecule has 0 spiro atoms. The van der Waals surface area contributed by atoms with Crippen molar-refractivity contribution in [2.45, 2.75) is 58.8 Å². The second kappa shape index (κ2) is 14.0. The number of carbonyl (C=O) groups is 3. The van der Waals surface area contributed by atoms with Crippen LogP contribution in [0, 0.1) is 5.92 Å². The fraction of sp³-hybridized carbons (Fsp3) is 0.432. The number of benzene rings is 2. The van der Waals surface area contributed by atoms with Gasteiger partial charge in [-0.3, -0.25) is 14.6 Å². The number of nitrogens with zero attached hydrogens (tertiary/aromatic N) is 4. The van der Waals surface area contributed by atoms with Crippen LogP contribution < -0.4 is 4.90 Å². The second-order valence-electron chi connectivity index (χ2n) is 13.4. The van der Waals surface area contributed by atoms with E-state index in [1.807, 2.05) is 91.0 Å². The van der Waals surface area contributed by atoms with Crippen LogP contribution in [0.2, 0.25) is 0 Å². The molecule has 0 radical (unpaired) electrons. The van der Waals surface area contributed by atoms with Gasteiger partial charge < -0.3 is 23.7 Å². The third-order valence-electron chi connectivity index (χ3n) is 8.90. The Labute approximate surface area is 276 Å². The fourth-order valence-electron chi connectivity index (χ4n) is 6.46. The van der Waals surface area contributed by atoms with Crippen molar-refractivity contribution in [1.29, 1.82) is 0 Å². The van der Waals surface area contributed by atoms with Crippen LogP contribution in [-0.4, -0.2) is 77.6 Å². The van der Waals surface area contributed by atoms with Gasteiger partial charge in [-0.25, -0.2) is 9.59 Å². The van der Waals surface area contributed by atoms with Crippen molar-refractivity contribution in [2.24, 2.45) is 5.92 Å². The van der Waals surface area contributed by atoms with Crippen LogP contribution >= 0.6 is 0 Å². The summed E-state index contributed by atoms with van der Waals surface area (Å²) in [7, 11) is 0. The molecule has 248 valence electrons. The lowest BCUT2D eigenvalue weighted by atomic mass is 9.94. The molecule has 1 aromatic heterocycles. The molecule has 0 bridgehead atoms. The Morgan fingerprint density at radius 2 is 1.72 bits per heavy atom. The van der Waals surface area contributed by atoms with Crippen molar-refractivity contribution in [3.8, 4) is 0 Å². The predicted molar refractivity (Wildman–Crippen MR) is 182 cm³/mol. The molecule has 3 aromatic rings. The monoisotopic (exact) mass is 640 g/mol. The number of fused-ring (bicyclic) bond motifs is 2. The van der Waals surface area contributed by atoms with Crippen molar-refractivity contribution in [2.75, 3.05) is 44.4 Å². The van der Waals surface area contributed by atoms with Gasteiger partial charge in [0, 0.05) is 54.5 Å². The summed E-state index contributed by atoms with van der Waals surface area (Å²) >= 11 is 0. The maximum atomic E-state index is 13.8. The van der Waals surface area contributed by atoms with E-state index >= 15 is 0 Å². The molecule has 1 fully saturated rings. The predicted octanol–water partition coefficient (Wildman–Crippen LogP) is 6.90. The summed E-state index contributed by atoms with van der Waals surface area (Å²) in [6, 6.07) is 15.8. The highest BCUT2D eigenvalue weighted by Gasteiger charge is 2.33. The van der Waals surface area contributed by atoms with Crippen LogP contribution in [0.15, 0.2) is 66.9 Å². The third kappa shape index (κ3) is 7.71. The molecule has 0 atom stereocenters. The van der Waals surface area contributed by atoms with Crippen molar-refractivity contribution >= 4 is 46.4 Å². The van der Waals surface area contributed by atoms with E-state index in [0.29, 0.717) is 37.7 Å². The van der Waals surface area contributed by atoms with E-state index < -0.39 is 11.8 Å². The number of aromatic nitrogens is 1. The summed E-state index contributed by atoms with van der Waals surface area (Å²) in [5.41, 5.74) is 3.73. The smallest absolute Gasteiger partial charge is 0.444 e. The molecule has 2 aromatic carbocycles. The summed E-state index contributed by atoms with van der Waals surface area (Å²) < 4.78 is 18.3. The number of rotatable bonds is 8. The highest BCUT2D eigenvalue weighted by Crippen LogP contribution is 2.39. The standard InChI is InChI=1S/C37H44N4O6/c1-37(2,3)47-35(43)39-20-15-27(16-21-39)17-22-45-36(44)46-26-40-24-28(29-11-5-7-13-32(29)40)23-31-30-12-6-8-14-33(30)41(34(31)42)25-38-18-9-4-10-19-38/h4-9,11-14,23-24,27H,10,15-22,25-26H2,1-3H3/b31-23-. The Kier molecular flexibility index (Phi) is 9.68. The number of carbonyl (C=O) groups excluding carboxylic acids is 3. The van der Waals surface area contributed by atoms with Crippen LogP contribution in [-0.2, 0) is 25.7 Å². The number of hydrogen-bond acceptors (Lipinski definition) is 7. The maximum Gasteiger partial charge on any atom is 0.510 e. The molecule has 1 saturated heterocycles. The minimum atomic E-state index is -0.725.